The van der Waals surface area contributed by atoms with Crippen molar-refractivity contribution in [2.45, 2.75) is 70.0 Å². The SMILES string of the molecule is C=Cc1ccc(C2CC3=C(C=C2C(F)(F)F)N(C(=N)C2=C(NC4CCCCC4)CCN(C(=C)C)C2)CCN3C)cn1. The van der Waals surface area contributed by atoms with Crippen LogP contribution in [0.3, 0.4) is 0 Å². The molecule has 5 rings (SSSR count). The van der Waals surface area contributed by atoms with Gasteiger partial charge >= 0.3 is 6.18 Å². The molecular weight excluding hydrogens is 525 g/mol. The summed E-state index contributed by atoms with van der Waals surface area (Å²) in [4.78, 5) is 10.3. The molecule has 1 aromatic rings. The summed E-state index contributed by atoms with van der Waals surface area (Å²) in [5.74, 6) is -0.587. The molecule has 2 N–H and O–H groups in total. The Morgan fingerprint density at radius 3 is 2.54 bits per heavy atom. The second-order valence-electron chi connectivity index (χ2n) is 11.7. The van der Waals surface area contributed by atoms with Gasteiger partial charge in [0.25, 0.3) is 0 Å². The first-order chi connectivity index (χ1) is 19.6. The number of nitrogens with zero attached hydrogens (tertiary/aromatic N) is 4. The number of hydrogen-bond acceptors (Lipinski definition) is 5. The van der Waals surface area contributed by atoms with E-state index in [0.29, 0.717) is 42.6 Å². The highest BCUT2D eigenvalue weighted by atomic mass is 19.4. The summed E-state index contributed by atoms with van der Waals surface area (Å²) in [6, 6.07) is 3.80. The fourth-order valence-corrected chi connectivity index (χ4v) is 6.50. The van der Waals surface area contributed by atoms with Gasteiger partial charge in [0.1, 0.15) is 5.84 Å². The van der Waals surface area contributed by atoms with E-state index in [1.165, 1.54) is 31.5 Å². The molecule has 220 valence electrons. The number of hydrogen-bond donors (Lipinski definition) is 2. The van der Waals surface area contributed by atoms with Gasteiger partial charge < -0.3 is 20.0 Å². The number of allylic oxidation sites excluding steroid dienone is 4. The normalized spacial score (nSPS) is 22.4. The Hall–Kier alpha value is -3.49. The van der Waals surface area contributed by atoms with Gasteiger partial charge in [0.05, 0.1) is 11.4 Å². The molecule has 3 heterocycles. The minimum absolute atomic E-state index is 0.195. The topological polar surface area (TPSA) is 58.5 Å². The van der Waals surface area contributed by atoms with Crippen LogP contribution in [0.2, 0.25) is 0 Å². The fourth-order valence-electron chi connectivity index (χ4n) is 6.50. The first-order valence-electron chi connectivity index (χ1n) is 14.6. The van der Waals surface area contributed by atoms with Crippen LogP contribution >= 0.6 is 0 Å². The van der Waals surface area contributed by atoms with Crippen molar-refractivity contribution in [3.63, 3.8) is 0 Å². The van der Waals surface area contributed by atoms with Gasteiger partial charge in [0, 0.05) is 92.5 Å². The maximum absolute atomic E-state index is 14.6. The van der Waals surface area contributed by atoms with Crippen molar-refractivity contribution < 1.29 is 13.2 Å². The van der Waals surface area contributed by atoms with Crippen LogP contribution in [0.1, 0.15) is 69.0 Å². The largest absolute Gasteiger partial charge is 0.413 e. The Morgan fingerprint density at radius 2 is 1.90 bits per heavy atom. The zero-order valence-electron chi connectivity index (χ0n) is 24.2. The lowest BCUT2D eigenvalue weighted by atomic mass is 9.82. The number of rotatable bonds is 6. The van der Waals surface area contributed by atoms with Crippen molar-refractivity contribution in [3.05, 3.63) is 82.8 Å². The number of amidine groups is 1. The van der Waals surface area contributed by atoms with Crippen LogP contribution < -0.4 is 5.32 Å². The fraction of sp³-hybridized carbons (Fsp3) is 0.500. The van der Waals surface area contributed by atoms with E-state index in [0.717, 1.165) is 48.5 Å². The number of halogens is 3. The van der Waals surface area contributed by atoms with E-state index in [1.54, 1.807) is 23.1 Å². The summed E-state index contributed by atoms with van der Waals surface area (Å²) in [6.45, 7) is 12.2. The Morgan fingerprint density at radius 1 is 1.15 bits per heavy atom. The molecule has 1 unspecified atom stereocenters. The van der Waals surface area contributed by atoms with Gasteiger partial charge in [0.2, 0.25) is 0 Å². The molecule has 9 heteroatoms. The van der Waals surface area contributed by atoms with Crippen LogP contribution in [0.25, 0.3) is 6.08 Å². The summed E-state index contributed by atoms with van der Waals surface area (Å²) in [7, 11) is 1.93. The lowest BCUT2D eigenvalue weighted by Gasteiger charge is -2.44. The van der Waals surface area contributed by atoms with Crippen LogP contribution in [0.5, 0.6) is 0 Å². The molecule has 0 saturated heterocycles. The van der Waals surface area contributed by atoms with Crippen molar-refractivity contribution >= 4 is 11.9 Å². The predicted molar refractivity (Wildman–Crippen MR) is 158 cm³/mol. The minimum atomic E-state index is -4.52. The zero-order chi connectivity index (χ0) is 29.3. The molecular formula is C32H41F3N6. The van der Waals surface area contributed by atoms with Crippen molar-refractivity contribution in [2.24, 2.45) is 0 Å². The number of pyridine rings is 1. The van der Waals surface area contributed by atoms with Crippen molar-refractivity contribution in [1.29, 1.82) is 5.41 Å². The van der Waals surface area contributed by atoms with Gasteiger partial charge in [-0.2, -0.15) is 13.2 Å². The Bertz CT molecular complexity index is 1280. The second-order valence-corrected chi connectivity index (χ2v) is 11.7. The quantitative estimate of drug-likeness (QED) is 0.302. The van der Waals surface area contributed by atoms with E-state index >= 15 is 0 Å². The third kappa shape index (κ3) is 6.09. The van der Waals surface area contributed by atoms with E-state index in [2.05, 4.69) is 28.4 Å². The summed E-state index contributed by atoms with van der Waals surface area (Å²) in [6.07, 6.45) is 6.70. The van der Waals surface area contributed by atoms with Gasteiger partial charge in [-0.25, -0.2) is 0 Å². The summed E-state index contributed by atoms with van der Waals surface area (Å²) in [5.41, 5.74) is 4.69. The van der Waals surface area contributed by atoms with E-state index in [1.807, 2.05) is 18.9 Å². The molecule has 41 heavy (non-hydrogen) atoms. The lowest BCUT2D eigenvalue weighted by molar-refractivity contribution is -0.0966. The smallest absolute Gasteiger partial charge is 0.385 e. The second kappa shape index (κ2) is 11.8. The molecule has 2 aliphatic carbocycles. The van der Waals surface area contributed by atoms with Crippen LogP contribution in [0, 0.1) is 5.41 Å². The Kier molecular flexibility index (Phi) is 8.34. The molecule has 0 radical (unpaired) electrons. The van der Waals surface area contributed by atoms with Crippen molar-refractivity contribution in [2.75, 3.05) is 33.2 Å². The molecule has 1 saturated carbocycles. The van der Waals surface area contributed by atoms with Crippen LogP contribution in [0.15, 0.2) is 71.5 Å². The highest BCUT2D eigenvalue weighted by molar-refractivity contribution is 5.98. The molecule has 0 bridgehead atoms. The lowest BCUT2D eigenvalue weighted by Crippen LogP contribution is -2.48. The summed E-state index contributed by atoms with van der Waals surface area (Å²) in [5, 5.41) is 13.2. The van der Waals surface area contributed by atoms with E-state index in [4.69, 9.17) is 0 Å². The number of aromatic nitrogens is 1. The third-order valence-electron chi connectivity index (χ3n) is 8.94. The first kappa shape index (κ1) is 29.0. The summed E-state index contributed by atoms with van der Waals surface area (Å²) < 4.78 is 43.7. The Labute approximate surface area is 241 Å². The van der Waals surface area contributed by atoms with Gasteiger partial charge in [-0.3, -0.25) is 10.4 Å². The molecule has 2 aliphatic heterocycles. The average Bonchev–Trinajstić information content (AvgIpc) is 2.97. The maximum atomic E-state index is 14.6. The van der Waals surface area contributed by atoms with E-state index < -0.39 is 17.7 Å². The average molecular weight is 567 g/mol. The maximum Gasteiger partial charge on any atom is 0.413 e. The molecule has 4 aliphatic rings. The molecule has 6 nitrogen and oxygen atoms in total. The monoisotopic (exact) mass is 566 g/mol. The van der Waals surface area contributed by atoms with Gasteiger partial charge in [-0.1, -0.05) is 38.5 Å². The number of likely N-dealkylation sites (N-methyl/N-ethyl adjacent to an activating group) is 1. The Balaban J connectivity index is 1.52. The molecule has 1 fully saturated rings. The minimum Gasteiger partial charge on any atom is -0.385 e. The number of nitrogens with one attached hydrogen (secondary N) is 2. The standard InChI is InChI=1S/C32H41F3N6/c1-5-23-12-11-22(19-37-23)25-17-29-30(18-27(25)32(33,34)35)41(16-15-39(29)4)31(36)26-20-40(21(2)3)14-13-28(26)38-24-9-7-6-8-10-24/h5,11-12,18-19,24-25,36,38H,1-2,6-10,13-17,20H2,3-4H3. The highest BCUT2D eigenvalue weighted by Crippen LogP contribution is 2.46. The van der Waals surface area contributed by atoms with Crippen LogP contribution in [0.4, 0.5) is 13.2 Å². The molecule has 0 aromatic carbocycles. The zero-order valence-corrected chi connectivity index (χ0v) is 24.2. The van der Waals surface area contributed by atoms with Crippen molar-refractivity contribution in [3.8, 4) is 0 Å². The van der Waals surface area contributed by atoms with Crippen molar-refractivity contribution in [1.82, 2.24) is 25.0 Å². The molecule has 0 spiro atoms. The number of alkyl halides is 3. The molecule has 1 atom stereocenters. The first-order valence-corrected chi connectivity index (χ1v) is 14.6. The highest BCUT2D eigenvalue weighted by Gasteiger charge is 2.44. The molecule has 0 amide bonds. The van der Waals surface area contributed by atoms with Gasteiger partial charge in [-0.15, -0.1) is 0 Å². The van der Waals surface area contributed by atoms with Gasteiger partial charge in [-0.05, 0) is 43.5 Å². The third-order valence-corrected chi connectivity index (χ3v) is 8.94. The molecule has 1 aromatic heterocycles. The summed E-state index contributed by atoms with van der Waals surface area (Å²) >= 11 is 0. The van der Waals surface area contributed by atoms with E-state index in [9.17, 15) is 18.6 Å². The van der Waals surface area contributed by atoms with E-state index in [-0.39, 0.29) is 12.3 Å². The van der Waals surface area contributed by atoms with Crippen LogP contribution in [-0.2, 0) is 0 Å². The van der Waals surface area contributed by atoms with Crippen LogP contribution in [-0.4, -0.2) is 71.0 Å². The predicted octanol–water partition coefficient (Wildman–Crippen LogP) is 6.55. The van der Waals surface area contributed by atoms with Gasteiger partial charge in [0.15, 0.2) is 0 Å².